The average molecular weight is 346 g/mol. The zero-order valence-corrected chi connectivity index (χ0v) is 15.2. The number of hydrogen-bond acceptors (Lipinski definition) is 5. The van der Waals surface area contributed by atoms with Crippen LogP contribution in [0.3, 0.4) is 0 Å². The van der Waals surface area contributed by atoms with Gasteiger partial charge in [0, 0.05) is 17.6 Å². The van der Waals surface area contributed by atoms with Gasteiger partial charge >= 0.3 is 11.9 Å². The second-order valence-electron chi connectivity index (χ2n) is 6.84. The Bertz CT molecular complexity index is 668. The van der Waals surface area contributed by atoms with Crippen molar-refractivity contribution >= 4 is 11.9 Å². The fraction of sp³-hybridized carbons (Fsp3) is 0.500. The number of carbonyl (C=O) groups is 2. The van der Waals surface area contributed by atoms with E-state index in [4.69, 9.17) is 9.47 Å². The van der Waals surface area contributed by atoms with Crippen LogP contribution in [-0.4, -0.2) is 35.4 Å². The molecule has 4 unspecified atom stereocenters. The van der Waals surface area contributed by atoms with Crippen LogP contribution in [0.4, 0.5) is 0 Å². The van der Waals surface area contributed by atoms with E-state index < -0.39 is 36.2 Å². The van der Waals surface area contributed by atoms with E-state index >= 15 is 0 Å². The Hall–Kier alpha value is -2.14. The summed E-state index contributed by atoms with van der Waals surface area (Å²) in [6.45, 7) is 11.1. The van der Waals surface area contributed by atoms with Crippen molar-refractivity contribution in [3.8, 4) is 0 Å². The van der Waals surface area contributed by atoms with Gasteiger partial charge in [-0.3, -0.25) is 0 Å². The van der Waals surface area contributed by atoms with Gasteiger partial charge in [-0.25, -0.2) is 9.59 Å². The van der Waals surface area contributed by atoms with E-state index in [0.717, 1.165) is 11.1 Å². The molecule has 4 atom stereocenters. The summed E-state index contributed by atoms with van der Waals surface area (Å²) in [5, 5.41) is 10.2. The zero-order chi connectivity index (χ0) is 18.7. The third kappa shape index (κ3) is 4.48. The highest BCUT2D eigenvalue weighted by Crippen LogP contribution is 2.36. The van der Waals surface area contributed by atoms with E-state index in [1.165, 1.54) is 0 Å². The van der Waals surface area contributed by atoms with Crippen molar-refractivity contribution in [3.63, 3.8) is 0 Å². The fourth-order valence-corrected chi connectivity index (χ4v) is 3.22. The Morgan fingerprint density at radius 3 is 2.60 bits per heavy atom. The van der Waals surface area contributed by atoms with E-state index in [1.807, 2.05) is 19.9 Å². The molecule has 25 heavy (non-hydrogen) atoms. The predicted octanol–water partition coefficient (Wildman–Crippen LogP) is 3.01. The van der Waals surface area contributed by atoms with Gasteiger partial charge in [0.05, 0.1) is 12.0 Å². The smallest absolute Gasteiger partial charge is 0.334 e. The molecule has 1 fully saturated rings. The normalized spacial score (nSPS) is 35.0. The standard InChI is InChI=1S/C20H26O5/c1-6-13(4)19(22)24-16-9-11(2)7-15(21)8-12(3)10-17-18(16)14(5)20(23)25-17/h6-7,10,15-18,21H,5,8-9H2,1-4H3/b11-7-,12-10-,13-6+. The second kappa shape index (κ2) is 7.83. The fourth-order valence-electron chi connectivity index (χ4n) is 3.22. The monoisotopic (exact) mass is 346 g/mol. The summed E-state index contributed by atoms with van der Waals surface area (Å²) in [5.41, 5.74) is 2.62. The number of aliphatic hydroxyl groups is 1. The Morgan fingerprint density at radius 2 is 1.96 bits per heavy atom. The molecule has 0 saturated carbocycles. The highest BCUT2D eigenvalue weighted by Gasteiger charge is 2.44. The van der Waals surface area contributed by atoms with Gasteiger partial charge in [0.25, 0.3) is 0 Å². The molecule has 0 bridgehead atoms. The molecule has 0 radical (unpaired) electrons. The van der Waals surface area contributed by atoms with Crippen molar-refractivity contribution in [2.45, 2.75) is 58.8 Å². The number of ether oxygens (including phenoxy) is 2. The topological polar surface area (TPSA) is 72.8 Å². The average Bonchev–Trinajstić information content (AvgIpc) is 2.78. The van der Waals surface area contributed by atoms with Crippen molar-refractivity contribution in [1.82, 2.24) is 0 Å². The van der Waals surface area contributed by atoms with E-state index in [2.05, 4.69) is 6.58 Å². The number of carbonyl (C=O) groups excluding carboxylic acids is 2. The summed E-state index contributed by atoms with van der Waals surface area (Å²) in [4.78, 5) is 24.3. The first-order valence-electron chi connectivity index (χ1n) is 8.49. The van der Waals surface area contributed by atoms with E-state index in [1.54, 1.807) is 26.0 Å². The first-order chi connectivity index (χ1) is 11.7. The lowest BCUT2D eigenvalue weighted by molar-refractivity contribution is -0.147. The molecule has 1 heterocycles. The van der Waals surface area contributed by atoms with Gasteiger partial charge in [-0.1, -0.05) is 29.9 Å². The Labute approximate surface area is 148 Å². The number of esters is 2. The van der Waals surface area contributed by atoms with Crippen LogP contribution in [0.5, 0.6) is 0 Å². The summed E-state index contributed by atoms with van der Waals surface area (Å²) in [7, 11) is 0. The predicted molar refractivity (Wildman–Crippen MR) is 94.6 cm³/mol. The van der Waals surface area contributed by atoms with Gasteiger partial charge in [0.2, 0.25) is 0 Å². The number of hydrogen-bond donors (Lipinski definition) is 1. The summed E-state index contributed by atoms with van der Waals surface area (Å²) >= 11 is 0. The second-order valence-corrected chi connectivity index (χ2v) is 6.84. The molecule has 0 aromatic carbocycles. The quantitative estimate of drug-likeness (QED) is 0.473. The van der Waals surface area contributed by atoms with Gasteiger partial charge in [-0.05, 0) is 40.2 Å². The minimum absolute atomic E-state index is 0.318. The lowest BCUT2D eigenvalue weighted by atomic mass is 9.85. The van der Waals surface area contributed by atoms with Gasteiger partial charge in [-0.2, -0.15) is 0 Å². The SMILES string of the molecule is C=C1C(=O)OC2/C=C(/C)CC(O)/C=C(/C)CC(OC(=O)/C(C)=C/C)C12. The van der Waals surface area contributed by atoms with Crippen LogP contribution in [0, 0.1) is 5.92 Å². The zero-order valence-electron chi connectivity index (χ0n) is 15.2. The molecule has 5 nitrogen and oxygen atoms in total. The molecule has 2 aliphatic rings. The van der Waals surface area contributed by atoms with Crippen molar-refractivity contribution in [2.24, 2.45) is 5.92 Å². The Balaban J connectivity index is 2.42. The summed E-state index contributed by atoms with van der Waals surface area (Å²) in [6.07, 6.45) is 4.39. The Kier molecular flexibility index (Phi) is 6.01. The molecule has 1 aliphatic heterocycles. The number of rotatable bonds is 2. The van der Waals surface area contributed by atoms with Gasteiger partial charge in [0.1, 0.15) is 12.2 Å². The maximum Gasteiger partial charge on any atom is 0.334 e. The molecule has 0 amide bonds. The third-order valence-electron chi connectivity index (χ3n) is 4.66. The first kappa shape index (κ1) is 19.2. The van der Waals surface area contributed by atoms with Crippen LogP contribution in [0.1, 0.15) is 40.5 Å². The van der Waals surface area contributed by atoms with Crippen LogP contribution in [0.2, 0.25) is 0 Å². The van der Waals surface area contributed by atoms with E-state index in [9.17, 15) is 14.7 Å². The highest BCUT2D eigenvalue weighted by atomic mass is 16.6. The molecular weight excluding hydrogens is 320 g/mol. The molecule has 1 N–H and O–H groups in total. The van der Waals surface area contributed by atoms with Gasteiger partial charge in [-0.15, -0.1) is 0 Å². The number of allylic oxidation sites excluding steroid dienone is 1. The largest absolute Gasteiger partial charge is 0.458 e. The molecule has 5 heteroatoms. The molecular formula is C20H26O5. The minimum Gasteiger partial charge on any atom is -0.458 e. The molecule has 0 aromatic heterocycles. The maximum atomic E-state index is 12.3. The van der Waals surface area contributed by atoms with Crippen molar-refractivity contribution in [2.75, 3.05) is 0 Å². The first-order valence-corrected chi connectivity index (χ1v) is 8.49. The molecule has 0 spiro atoms. The lowest BCUT2D eigenvalue weighted by Crippen LogP contribution is -2.34. The molecule has 1 saturated heterocycles. The third-order valence-corrected chi connectivity index (χ3v) is 4.66. The Morgan fingerprint density at radius 1 is 1.32 bits per heavy atom. The summed E-state index contributed by atoms with van der Waals surface area (Å²) in [5.74, 6) is -1.33. The summed E-state index contributed by atoms with van der Waals surface area (Å²) < 4.78 is 11.1. The van der Waals surface area contributed by atoms with Crippen LogP contribution in [-0.2, 0) is 19.1 Å². The van der Waals surface area contributed by atoms with Gasteiger partial charge < -0.3 is 14.6 Å². The van der Waals surface area contributed by atoms with Crippen LogP contribution in [0.25, 0.3) is 0 Å². The van der Waals surface area contributed by atoms with Gasteiger partial charge in [0.15, 0.2) is 0 Å². The van der Waals surface area contributed by atoms with Crippen molar-refractivity contribution in [1.29, 1.82) is 0 Å². The molecule has 1 aliphatic carbocycles. The summed E-state index contributed by atoms with van der Waals surface area (Å²) in [6, 6.07) is 0. The van der Waals surface area contributed by atoms with Crippen LogP contribution in [0.15, 0.2) is 47.1 Å². The lowest BCUT2D eigenvalue weighted by Gasteiger charge is -2.28. The number of aliphatic hydroxyl groups excluding tert-OH is 1. The van der Waals surface area contributed by atoms with Crippen LogP contribution < -0.4 is 0 Å². The molecule has 136 valence electrons. The van der Waals surface area contributed by atoms with Crippen molar-refractivity contribution in [3.05, 3.63) is 47.1 Å². The van der Waals surface area contributed by atoms with E-state index in [-0.39, 0.29) is 0 Å². The maximum absolute atomic E-state index is 12.3. The molecule has 0 aromatic rings. The minimum atomic E-state index is -0.623. The van der Waals surface area contributed by atoms with Crippen molar-refractivity contribution < 1.29 is 24.2 Å². The number of fused-ring (bicyclic) bond motifs is 1. The van der Waals surface area contributed by atoms with Crippen LogP contribution >= 0.6 is 0 Å². The molecule has 2 rings (SSSR count). The van der Waals surface area contributed by atoms with E-state index in [0.29, 0.717) is 24.0 Å². The highest BCUT2D eigenvalue weighted by molar-refractivity contribution is 5.92.